The zero-order valence-electron chi connectivity index (χ0n) is 10.6. The molecule has 1 aliphatic carbocycles. The van der Waals surface area contributed by atoms with E-state index in [4.69, 9.17) is 0 Å². The summed E-state index contributed by atoms with van der Waals surface area (Å²) >= 11 is 0. The van der Waals surface area contributed by atoms with Crippen LogP contribution in [-0.4, -0.2) is 14.9 Å². The minimum absolute atomic E-state index is 0.0891. The molecule has 1 N–H and O–H groups in total. The Bertz CT molecular complexity index is 528. The van der Waals surface area contributed by atoms with E-state index in [1.807, 2.05) is 35.9 Å². The van der Waals surface area contributed by atoms with Crippen molar-refractivity contribution in [2.75, 3.05) is 0 Å². The Labute approximate surface area is 107 Å². The average molecular weight is 242 g/mol. The van der Waals surface area contributed by atoms with E-state index in [0.717, 1.165) is 25.1 Å². The molecule has 0 saturated heterocycles. The monoisotopic (exact) mass is 242 g/mol. The van der Waals surface area contributed by atoms with Gasteiger partial charge in [-0.25, -0.2) is 0 Å². The van der Waals surface area contributed by atoms with Gasteiger partial charge in [0.25, 0.3) is 0 Å². The number of aryl methyl sites for hydroxylation is 1. The van der Waals surface area contributed by atoms with E-state index >= 15 is 0 Å². The summed E-state index contributed by atoms with van der Waals surface area (Å²) < 4.78 is 1.88. The lowest BCUT2D eigenvalue weighted by molar-refractivity contribution is 0.123. The van der Waals surface area contributed by atoms with Gasteiger partial charge in [0.15, 0.2) is 0 Å². The summed E-state index contributed by atoms with van der Waals surface area (Å²) in [5, 5.41) is 15.0. The minimum Gasteiger partial charge on any atom is -0.386 e. The molecule has 1 aromatic heterocycles. The SMILES string of the molecule is CCn1nccc1C(O)C1(c2ccccc2)CC1. The summed E-state index contributed by atoms with van der Waals surface area (Å²) in [6.45, 7) is 2.84. The van der Waals surface area contributed by atoms with Crippen molar-refractivity contribution in [2.24, 2.45) is 0 Å². The molecule has 0 spiro atoms. The Morgan fingerprint density at radius 1 is 1.28 bits per heavy atom. The Morgan fingerprint density at radius 2 is 2.00 bits per heavy atom. The Hall–Kier alpha value is -1.61. The van der Waals surface area contributed by atoms with Gasteiger partial charge in [0.2, 0.25) is 0 Å². The van der Waals surface area contributed by atoms with Gasteiger partial charge in [-0.2, -0.15) is 5.10 Å². The first-order valence-electron chi connectivity index (χ1n) is 6.53. The summed E-state index contributed by atoms with van der Waals surface area (Å²) in [6, 6.07) is 12.3. The van der Waals surface area contributed by atoms with Crippen LogP contribution in [0.15, 0.2) is 42.6 Å². The van der Waals surface area contributed by atoms with Gasteiger partial charge in [0.1, 0.15) is 6.10 Å². The van der Waals surface area contributed by atoms with Crippen molar-refractivity contribution in [3.63, 3.8) is 0 Å². The molecule has 1 atom stereocenters. The molecule has 1 heterocycles. The summed E-state index contributed by atoms with van der Waals surface area (Å²) in [5.41, 5.74) is 2.08. The molecule has 1 saturated carbocycles. The van der Waals surface area contributed by atoms with E-state index in [1.54, 1.807) is 6.20 Å². The summed E-state index contributed by atoms with van der Waals surface area (Å²) in [4.78, 5) is 0. The predicted octanol–water partition coefficient (Wildman–Crippen LogP) is 2.67. The van der Waals surface area contributed by atoms with Crippen molar-refractivity contribution in [3.05, 3.63) is 53.9 Å². The Kier molecular flexibility index (Phi) is 2.71. The number of nitrogens with zero attached hydrogens (tertiary/aromatic N) is 2. The van der Waals surface area contributed by atoms with Gasteiger partial charge in [-0.15, -0.1) is 0 Å². The van der Waals surface area contributed by atoms with Crippen LogP contribution in [0, 0.1) is 0 Å². The van der Waals surface area contributed by atoms with Crippen LogP contribution in [0.2, 0.25) is 0 Å². The smallest absolute Gasteiger partial charge is 0.105 e. The van der Waals surface area contributed by atoms with Crippen LogP contribution in [-0.2, 0) is 12.0 Å². The molecule has 1 aromatic carbocycles. The van der Waals surface area contributed by atoms with E-state index in [9.17, 15) is 5.11 Å². The summed E-state index contributed by atoms with van der Waals surface area (Å²) in [7, 11) is 0. The number of hydrogen-bond acceptors (Lipinski definition) is 2. The van der Waals surface area contributed by atoms with Crippen LogP contribution in [0.5, 0.6) is 0 Å². The number of hydrogen-bond donors (Lipinski definition) is 1. The summed E-state index contributed by atoms with van der Waals surface area (Å²) in [5.74, 6) is 0. The van der Waals surface area contributed by atoms with Crippen LogP contribution in [0.4, 0.5) is 0 Å². The number of aliphatic hydroxyl groups is 1. The number of aromatic nitrogens is 2. The third-order valence-corrected chi connectivity index (χ3v) is 3.99. The Balaban J connectivity index is 1.96. The molecular formula is C15H18N2O. The predicted molar refractivity (Wildman–Crippen MR) is 70.2 cm³/mol. The van der Waals surface area contributed by atoms with Crippen LogP contribution in [0.1, 0.15) is 37.1 Å². The fourth-order valence-corrected chi connectivity index (χ4v) is 2.75. The van der Waals surface area contributed by atoms with Crippen molar-refractivity contribution in [1.29, 1.82) is 0 Å². The van der Waals surface area contributed by atoms with Gasteiger partial charge in [0.05, 0.1) is 5.69 Å². The lowest BCUT2D eigenvalue weighted by Gasteiger charge is -2.23. The second kappa shape index (κ2) is 4.25. The fraction of sp³-hybridized carbons (Fsp3) is 0.400. The molecule has 1 aliphatic rings. The first-order valence-corrected chi connectivity index (χ1v) is 6.53. The number of benzene rings is 1. The van der Waals surface area contributed by atoms with Crippen molar-refractivity contribution in [1.82, 2.24) is 9.78 Å². The van der Waals surface area contributed by atoms with Crippen molar-refractivity contribution >= 4 is 0 Å². The molecule has 0 aliphatic heterocycles. The molecule has 18 heavy (non-hydrogen) atoms. The normalized spacial score (nSPS) is 18.6. The zero-order chi connectivity index (χ0) is 12.6. The van der Waals surface area contributed by atoms with Gasteiger partial charge in [-0.3, -0.25) is 4.68 Å². The van der Waals surface area contributed by atoms with Gasteiger partial charge < -0.3 is 5.11 Å². The van der Waals surface area contributed by atoms with Gasteiger partial charge in [-0.1, -0.05) is 30.3 Å². The number of rotatable bonds is 4. The van der Waals surface area contributed by atoms with E-state index in [1.165, 1.54) is 5.56 Å². The van der Waals surface area contributed by atoms with Crippen LogP contribution in [0.25, 0.3) is 0 Å². The van der Waals surface area contributed by atoms with E-state index in [0.29, 0.717) is 0 Å². The Morgan fingerprint density at radius 3 is 2.61 bits per heavy atom. The highest BCUT2D eigenvalue weighted by molar-refractivity contribution is 5.35. The maximum atomic E-state index is 10.7. The van der Waals surface area contributed by atoms with E-state index < -0.39 is 6.10 Å². The van der Waals surface area contributed by atoms with Gasteiger partial charge >= 0.3 is 0 Å². The maximum absolute atomic E-state index is 10.7. The highest BCUT2D eigenvalue weighted by Gasteiger charge is 2.51. The molecule has 0 amide bonds. The van der Waals surface area contributed by atoms with Crippen LogP contribution >= 0.6 is 0 Å². The molecule has 1 unspecified atom stereocenters. The lowest BCUT2D eigenvalue weighted by Crippen LogP contribution is -2.21. The summed E-state index contributed by atoms with van der Waals surface area (Å²) in [6.07, 6.45) is 3.41. The zero-order valence-corrected chi connectivity index (χ0v) is 10.6. The maximum Gasteiger partial charge on any atom is 0.105 e. The molecule has 94 valence electrons. The molecule has 3 nitrogen and oxygen atoms in total. The molecular weight excluding hydrogens is 224 g/mol. The highest BCUT2D eigenvalue weighted by atomic mass is 16.3. The number of aliphatic hydroxyl groups excluding tert-OH is 1. The first kappa shape index (κ1) is 11.5. The quantitative estimate of drug-likeness (QED) is 0.895. The molecule has 0 radical (unpaired) electrons. The van der Waals surface area contributed by atoms with Crippen molar-refractivity contribution in [3.8, 4) is 0 Å². The molecule has 3 rings (SSSR count). The largest absolute Gasteiger partial charge is 0.386 e. The molecule has 1 fully saturated rings. The topological polar surface area (TPSA) is 38.0 Å². The average Bonchev–Trinajstić information content (AvgIpc) is 3.10. The van der Waals surface area contributed by atoms with Crippen molar-refractivity contribution in [2.45, 2.75) is 37.8 Å². The molecule has 2 aromatic rings. The minimum atomic E-state index is -0.456. The van der Waals surface area contributed by atoms with E-state index in [2.05, 4.69) is 17.2 Å². The molecule has 0 bridgehead atoms. The second-order valence-electron chi connectivity index (χ2n) is 5.00. The third kappa shape index (κ3) is 1.66. The van der Waals surface area contributed by atoms with Gasteiger partial charge in [0, 0.05) is 18.2 Å². The highest BCUT2D eigenvalue weighted by Crippen LogP contribution is 2.56. The van der Waals surface area contributed by atoms with Crippen LogP contribution in [0.3, 0.4) is 0 Å². The second-order valence-corrected chi connectivity index (χ2v) is 5.00. The third-order valence-electron chi connectivity index (χ3n) is 3.99. The van der Waals surface area contributed by atoms with E-state index in [-0.39, 0.29) is 5.41 Å². The van der Waals surface area contributed by atoms with Crippen LogP contribution < -0.4 is 0 Å². The lowest BCUT2D eigenvalue weighted by atomic mass is 9.88. The fourth-order valence-electron chi connectivity index (χ4n) is 2.75. The first-order chi connectivity index (χ1) is 8.78. The van der Waals surface area contributed by atoms with Gasteiger partial charge in [-0.05, 0) is 31.4 Å². The molecule has 3 heteroatoms. The van der Waals surface area contributed by atoms with Crippen molar-refractivity contribution < 1.29 is 5.11 Å². The standard InChI is InChI=1S/C15H18N2O/c1-2-17-13(8-11-16-17)14(18)15(9-10-15)12-6-4-3-5-7-12/h3-8,11,14,18H,2,9-10H2,1H3.